The van der Waals surface area contributed by atoms with Gasteiger partial charge in [-0.25, -0.2) is 8.78 Å². The summed E-state index contributed by atoms with van der Waals surface area (Å²) >= 11 is 6.16. The molecule has 31 heavy (non-hydrogen) atoms. The molecule has 164 valence electrons. The number of nitrogens with one attached hydrogen (secondary N) is 1. The summed E-state index contributed by atoms with van der Waals surface area (Å²) in [5.74, 6) is -4.59. The fourth-order valence-corrected chi connectivity index (χ4v) is 2.88. The number of anilines is 1. The number of aromatic nitrogens is 2. The van der Waals surface area contributed by atoms with Crippen molar-refractivity contribution >= 4 is 23.3 Å². The van der Waals surface area contributed by atoms with Gasteiger partial charge in [-0.15, -0.1) is 0 Å². The average molecular weight is 456 g/mol. The van der Waals surface area contributed by atoms with Gasteiger partial charge in [0.1, 0.15) is 11.6 Å². The van der Waals surface area contributed by atoms with E-state index >= 15 is 0 Å². The van der Waals surface area contributed by atoms with Crippen molar-refractivity contribution in [1.82, 2.24) is 9.78 Å². The maximum absolute atomic E-state index is 12.9. The van der Waals surface area contributed by atoms with Crippen LogP contribution in [0.4, 0.5) is 23.4 Å². The van der Waals surface area contributed by atoms with Gasteiger partial charge in [0.05, 0.1) is 13.2 Å². The van der Waals surface area contributed by atoms with Gasteiger partial charge >= 0.3 is 12.3 Å². The minimum absolute atomic E-state index is 0.167. The van der Waals surface area contributed by atoms with E-state index in [9.17, 15) is 22.4 Å². The third kappa shape index (κ3) is 6.28. The third-order valence-corrected chi connectivity index (χ3v) is 4.48. The molecule has 5 nitrogen and oxygen atoms in total. The second kappa shape index (κ2) is 9.93. The summed E-state index contributed by atoms with van der Waals surface area (Å²) in [6, 6.07) is 15.5. The Morgan fingerprint density at radius 3 is 2.55 bits per heavy atom. The first kappa shape index (κ1) is 22.8. The lowest BCUT2D eigenvalue weighted by atomic mass is 10.1. The van der Waals surface area contributed by atoms with Crippen LogP contribution in [0.5, 0.6) is 0 Å². The van der Waals surface area contributed by atoms with Crippen molar-refractivity contribution in [3.8, 4) is 0 Å². The Kier molecular flexibility index (Phi) is 7.29. The Morgan fingerprint density at radius 1 is 1.13 bits per heavy atom. The summed E-state index contributed by atoms with van der Waals surface area (Å²) in [5.41, 5.74) is 1.58. The summed E-state index contributed by atoms with van der Waals surface area (Å²) in [7, 11) is 0. The van der Waals surface area contributed by atoms with Crippen LogP contribution in [0.25, 0.3) is 0 Å². The highest BCUT2D eigenvalue weighted by Crippen LogP contribution is 2.24. The van der Waals surface area contributed by atoms with E-state index < -0.39 is 24.9 Å². The lowest BCUT2D eigenvalue weighted by molar-refractivity contribution is -0.168. The van der Waals surface area contributed by atoms with Gasteiger partial charge in [-0.2, -0.15) is 13.9 Å². The van der Waals surface area contributed by atoms with Crippen LogP contribution in [-0.2, 0) is 17.9 Å². The van der Waals surface area contributed by atoms with E-state index in [1.807, 2.05) is 30.3 Å². The lowest BCUT2D eigenvalue weighted by Gasteiger charge is -2.15. The number of hydrogen-bond acceptors (Lipinski definition) is 3. The van der Waals surface area contributed by atoms with Gasteiger partial charge in [0, 0.05) is 11.8 Å². The highest BCUT2D eigenvalue weighted by molar-refractivity contribution is 6.33. The smallest absolute Gasteiger partial charge is 0.330 e. The monoisotopic (exact) mass is 455 g/mol. The summed E-state index contributed by atoms with van der Waals surface area (Å²) in [4.78, 5) is 12.5. The molecular formula is C21H18ClF4N3O2. The SMILES string of the molecule is O=C(Nc1nn(Cc2ccccc2)cc1Cl)c1cccc(COCC(F)(F)C(F)F)c1. The number of carbonyl (C=O) groups excluding carboxylic acids is 1. The van der Waals surface area contributed by atoms with Crippen molar-refractivity contribution in [2.75, 3.05) is 11.9 Å². The molecule has 2 aromatic carbocycles. The summed E-state index contributed by atoms with van der Waals surface area (Å²) in [6.45, 7) is -1.31. The predicted octanol–water partition coefficient (Wildman–Crippen LogP) is 5.25. The highest BCUT2D eigenvalue weighted by Gasteiger charge is 2.40. The van der Waals surface area contributed by atoms with Crippen LogP contribution in [0.1, 0.15) is 21.5 Å². The molecule has 0 radical (unpaired) electrons. The van der Waals surface area contributed by atoms with Crippen molar-refractivity contribution in [2.45, 2.75) is 25.5 Å². The number of ether oxygens (including phenoxy) is 1. The molecule has 1 aromatic heterocycles. The number of benzene rings is 2. The van der Waals surface area contributed by atoms with Crippen LogP contribution in [0.15, 0.2) is 60.8 Å². The molecule has 0 unspecified atom stereocenters. The summed E-state index contributed by atoms with van der Waals surface area (Å²) < 4.78 is 56.4. The fraction of sp³-hybridized carbons (Fsp3) is 0.238. The van der Waals surface area contributed by atoms with E-state index in [4.69, 9.17) is 11.6 Å². The van der Waals surface area contributed by atoms with Crippen molar-refractivity contribution in [2.24, 2.45) is 0 Å². The Bertz CT molecular complexity index is 1030. The number of rotatable bonds is 9. The van der Waals surface area contributed by atoms with Crippen LogP contribution >= 0.6 is 11.6 Å². The topological polar surface area (TPSA) is 56.2 Å². The lowest BCUT2D eigenvalue weighted by Crippen LogP contribution is -2.32. The van der Waals surface area contributed by atoms with Gasteiger partial charge in [-0.05, 0) is 23.3 Å². The molecule has 0 saturated carbocycles. The van der Waals surface area contributed by atoms with Crippen LogP contribution in [-0.4, -0.2) is 34.6 Å². The molecular weight excluding hydrogens is 438 g/mol. The molecule has 1 amide bonds. The molecule has 3 rings (SSSR count). The van der Waals surface area contributed by atoms with Crippen molar-refractivity contribution in [1.29, 1.82) is 0 Å². The molecule has 0 bridgehead atoms. The normalized spacial score (nSPS) is 11.7. The van der Waals surface area contributed by atoms with E-state index in [1.165, 1.54) is 24.3 Å². The third-order valence-electron chi connectivity index (χ3n) is 4.21. The van der Waals surface area contributed by atoms with Gasteiger partial charge in [0.15, 0.2) is 5.82 Å². The molecule has 0 aliphatic rings. The number of hydrogen-bond donors (Lipinski definition) is 1. The van der Waals surface area contributed by atoms with Gasteiger partial charge in [-0.3, -0.25) is 9.48 Å². The van der Waals surface area contributed by atoms with E-state index in [2.05, 4.69) is 15.2 Å². The zero-order chi connectivity index (χ0) is 22.4. The maximum Gasteiger partial charge on any atom is 0.330 e. The van der Waals surface area contributed by atoms with Crippen LogP contribution in [0.3, 0.4) is 0 Å². The van der Waals surface area contributed by atoms with E-state index in [1.54, 1.807) is 10.9 Å². The molecule has 0 aliphatic carbocycles. The number of alkyl halides is 4. The molecule has 0 atom stereocenters. The largest absolute Gasteiger partial charge is 0.370 e. The fourth-order valence-electron chi connectivity index (χ4n) is 2.68. The first-order valence-electron chi connectivity index (χ1n) is 9.15. The molecule has 0 saturated heterocycles. The van der Waals surface area contributed by atoms with Crippen LogP contribution in [0.2, 0.25) is 5.02 Å². The Morgan fingerprint density at radius 2 is 1.84 bits per heavy atom. The molecule has 0 spiro atoms. The predicted molar refractivity (Wildman–Crippen MR) is 108 cm³/mol. The van der Waals surface area contributed by atoms with Crippen LogP contribution in [0, 0.1) is 0 Å². The number of carbonyl (C=O) groups is 1. The zero-order valence-electron chi connectivity index (χ0n) is 16.1. The van der Waals surface area contributed by atoms with Gasteiger partial charge in [0.2, 0.25) is 0 Å². The molecule has 0 fully saturated rings. The van der Waals surface area contributed by atoms with Crippen molar-refractivity contribution in [3.05, 3.63) is 82.5 Å². The van der Waals surface area contributed by atoms with Gasteiger partial charge < -0.3 is 10.1 Å². The van der Waals surface area contributed by atoms with Crippen LogP contribution < -0.4 is 5.32 Å². The maximum atomic E-state index is 12.9. The Balaban J connectivity index is 1.61. The second-order valence-electron chi connectivity index (χ2n) is 6.72. The number of amides is 1. The second-order valence-corrected chi connectivity index (χ2v) is 7.13. The van der Waals surface area contributed by atoms with Crippen molar-refractivity contribution < 1.29 is 27.1 Å². The minimum Gasteiger partial charge on any atom is -0.370 e. The quantitative estimate of drug-likeness (QED) is 0.448. The molecule has 1 heterocycles. The molecule has 1 N–H and O–H groups in total. The standard InChI is InChI=1S/C21H18ClF4N3O2/c22-17-11-29(10-14-5-2-1-3-6-14)28-18(17)27-19(30)16-8-4-7-15(9-16)12-31-13-21(25,26)20(23)24/h1-9,11,20H,10,12-13H2,(H,27,28,30). The first-order chi connectivity index (χ1) is 14.7. The number of halogens is 5. The highest BCUT2D eigenvalue weighted by atomic mass is 35.5. The molecule has 3 aromatic rings. The molecule has 0 aliphatic heterocycles. The molecule has 10 heteroatoms. The number of nitrogens with zero attached hydrogens (tertiary/aromatic N) is 2. The Hall–Kier alpha value is -2.91. The zero-order valence-corrected chi connectivity index (χ0v) is 16.8. The summed E-state index contributed by atoms with van der Waals surface area (Å²) in [6.07, 6.45) is -2.23. The van der Waals surface area contributed by atoms with E-state index in [0.29, 0.717) is 12.1 Å². The van der Waals surface area contributed by atoms with Gasteiger partial charge in [-0.1, -0.05) is 54.1 Å². The summed E-state index contributed by atoms with van der Waals surface area (Å²) in [5, 5.41) is 7.10. The van der Waals surface area contributed by atoms with Crippen molar-refractivity contribution in [3.63, 3.8) is 0 Å². The van der Waals surface area contributed by atoms with Gasteiger partial charge in [0.25, 0.3) is 5.91 Å². The van der Waals surface area contributed by atoms with E-state index in [-0.39, 0.29) is 23.0 Å². The average Bonchev–Trinajstić information content (AvgIpc) is 3.07. The minimum atomic E-state index is -4.23. The first-order valence-corrected chi connectivity index (χ1v) is 9.53. The Labute approximate surface area is 180 Å². The van der Waals surface area contributed by atoms with E-state index in [0.717, 1.165) is 5.56 Å².